The zero-order chi connectivity index (χ0) is 17.0. The minimum Gasteiger partial charge on any atom is -0.443 e. The average molecular weight is 318 g/mol. The summed E-state index contributed by atoms with van der Waals surface area (Å²) in [5, 5.41) is 0. The van der Waals surface area contributed by atoms with E-state index >= 15 is 0 Å². The largest absolute Gasteiger partial charge is 0.443 e. The molecule has 2 amide bonds. The number of H-pyrrole nitrogens is 1. The van der Waals surface area contributed by atoms with Gasteiger partial charge in [-0.3, -0.25) is 4.79 Å². The first-order chi connectivity index (χ1) is 10.8. The highest BCUT2D eigenvalue weighted by atomic mass is 16.6. The molecule has 0 aliphatic rings. The van der Waals surface area contributed by atoms with Crippen LogP contribution in [0.5, 0.6) is 0 Å². The fourth-order valence-corrected chi connectivity index (χ4v) is 2.08. The number of rotatable bonds is 5. The van der Waals surface area contributed by atoms with Gasteiger partial charge < -0.3 is 15.5 Å². The van der Waals surface area contributed by atoms with Crippen LogP contribution in [-0.4, -0.2) is 34.1 Å². The number of benzene rings is 1. The van der Waals surface area contributed by atoms with E-state index in [9.17, 15) is 9.59 Å². The van der Waals surface area contributed by atoms with E-state index in [1.165, 1.54) is 4.90 Å². The van der Waals surface area contributed by atoms with E-state index in [2.05, 4.69) is 9.97 Å². The number of carbonyl (C=O) groups excluding carboxylic acids is 2. The topological polar surface area (TPSA) is 101 Å². The van der Waals surface area contributed by atoms with Crippen molar-refractivity contribution in [2.24, 2.45) is 5.73 Å². The highest BCUT2D eigenvalue weighted by Crippen LogP contribution is 2.20. The Labute approximate surface area is 134 Å². The van der Waals surface area contributed by atoms with E-state index in [1.54, 1.807) is 20.8 Å². The summed E-state index contributed by atoms with van der Waals surface area (Å²) in [6, 6.07) is 7.49. The van der Waals surface area contributed by atoms with Crippen LogP contribution in [0, 0.1) is 0 Å². The molecule has 0 aliphatic heterocycles. The number of imidazole rings is 1. The molecule has 0 atom stereocenters. The van der Waals surface area contributed by atoms with Crippen LogP contribution in [0.25, 0.3) is 11.0 Å². The third-order valence-corrected chi connectivity index (χ3v) is 3.05. The molecule has 0 fully saturated rings. The maximum absolute atomic E-state index is 12.4. The molecule has 124 valence electrons. The summed E-state index contributed by atoms with van der Waals surface area (Å²) in [5.74, 6) is -0.0105. The van der Waals surface area contributed by atoms with Crippen molar-refractivity contribution in [3.05, 3.63) is 24.3 Å². The first kappa shape index (κ1) is 16.8. The number of carbonyl (C=O) groups is 2. The standard InChI is InChI=1S/C16H22N4O3/c1-16(2,3)23-15(22)20(10-6-9-13(17)21)14-18-11-7-4-5-8-12(11)19-14/h4-5,7-8H,6,9-10H2,1-3H3,(H2,17,21)(H,18,19). The number of aromatic amines is 1. The highest BCUT2D eigenvalue weighted by molar-refractivity contribution is 5.88. The second-order valence-electron chi connectivity index (χ2n) is 6.28. The quantitative estimate of drug-likeness (QED) is 0.884. The molecule has 2 aromatic rings. The molecule has 0 saturated heterocycles. The number of hydrogen-bond donors (Lipinski definition) is 2. The first-order valence-corrected chi connectivity index (χ1v) is 7.50. The number of nitrogens with zero attached hydrogens (tertiary/aromatic N) is 2. The van der Waals surface area contributed by atoms with Gasteiger partial charge in [0.05, 0.1) is 11.0 Å². The molecule has 0 bridgehead atoms. The number of nitrogens with two attached hydrogens (primary N) is 1. The monoisotopic (exact) mass is 318 g/mol. The summed E-state index contributed by atoms with van der Waals surface area (Å²) in [4.78, 5) is 32.3. The van der Waals surface area contributed by atoms with Crippen molar-refractivity contribution < 1.29 is 14.3 Å². The molecule has 0 radical (unpaired) electrons. The first-order valence-electron chi connectivity index (χ1n) is 7.50. The van der Waals surface area contributed by atoms with Gasteiger partial charge >= 0.3 is 6.09 Å². The van der Waals surface area contributed by atoms with Crippen LogP contribution in [-0.2, 0) is 9.53 Å². The minimum absolute atomic E-state index is 0.194. The molecular weight excluding hydrogens is 296 g/mol. The van der Waals surface area contributed by atoms with E-state index in [0.717, 1.165) is 11.0 Å². The summed E-state index contributed by atoms with van der Waals surface area (Å²) >= 11 is 0. The number of anilines is 1. The molecule has 23 heavy (non-hydrogen) atoms. The van der Waals surface area contributed by atoms with E-state index in [1.807, 2.05) is 24.3 Å². The van der Waals surface area contributed by atoms with Gasteiger partial charge in [0.25, 0.3) is 0 Å². The fraction of sp³-hybridized carbons (Fsp3) is 0.438. The Bertz CT molecular complexity index is 670. The number of fused-ring (bicyclic) bond motifs is 1. The fourth-order valence-electron chi connectivity index (χ4n) is 2.08. The molecule has 7 nitrogen and oxygen atoms in total. The van der Waals surface area contributed by atoms with Crippen LogP contribution in [0.2, 0.25) is 0 Å². The van der Waals surface area contributed by atoms with Crippen molar-refractivity contribution in [2.45, 2.75) is 39.2 Å². The van der Waals surface area contributed by atoms with Gasteiger partial charge in [0.15, 0.2) is 0 Å². The van der Waals surface area contributed by atoms with E-state index in [0.29, 0.717) is 12.4 Å². The summed E-state index contributed by atoms with van der Waals surface area (Å²) in [6.45, 7) is 5.68. The Morgan fingerprint density at radius 2 is 2.00 bits per heavy atom. The Morgan fingerprint density at radius 1 is 1.30 bits per heavy atom. The summed E-state index contributed by atoms with van der Waals surface area (Å²) in [6.07, 6.45) is 0.117. The zero-order valence-corrected chi connectivity index (χ0v) is 13.6. The molecule has 0 aliphatic carbocycles. The third kappa shape index (κ3) is 4.70. The number of ether oxygens (including phenoxy) is 1. The Hall–Kier alpha value is -2.57. The summed E-state index contributed by atoms with van der Waals surface area (Å²) in [7, 11) is 0. The SMILES string of the molecule is CC(C)(C)OC(=O)N(CCCC(N)=O)c1nc2ccccc2[nH]1. The third-order valence-electron chi connectivity index (χ3n) is 3.05. The van der Waals surface area contributed by atoms with Crippen molar-refractivity contribution >= 4 is 29.0 Å². The van der Waals surface area contributed by atoms with Gasteiger partial charge in [-0.1, -0.05) is 12.1 Å². The maximum atomic E-state index is 12.4. The van der Waals surface area contributed by atoms with Crippen LogP contribution < -0.4 is 10.6 Å². The predicted octanol–water partition coefficient (Wildman–Crippen LogP) is 2.57. The molecule has 3 N–H and O–H groups in total. The Kier molecular flexibility index (Phi) is 4.88. The van der Waals surface area contributed by atoms with Gasteiger partial charge in [0.2, 0.25) is 11.9 Å². The zero-order valence-electron chi connectivity index (χ0n) is 13.6. The van der Waals surface area contributed by atoms with Gasteiger partial charge in [0.1, 0.15) is 5.60 Å². The lowest BCUT2D eigenvalue weighted by atomic mass is 10.2. The molecule has 1 aromatic carbocycles. The van der Waals surface area contributed by atoms with Gasteiger partial charge in [-0.05, 0) is 39.3 Å². The second-order valence-corrected chi connectivity index (χ2v) is 6.28. The van der Waals surface area contributed by atoms with Crippen LogP contribution >= 0.6 is 0 Å². The average Bonchev–Trinajstić information content (AvgIpc) is 2.84. The predicted molar refractivity (Wildman–Crippen MR) is 88.1 cm³/mol. The van der Waals surface area contributed by atoms with Crippen molar-refractivity contribution in [3.8, 4) is 0 Å². The number of nitrogens with one attached hydrogen (secondary N) is 1. The van der Waals surface area contributed by atoms with Gasteiger partial charge in [-0.15, -0.1) is 0 Å². The molecule has 2 rings (SSSR count). The molecule has 7 heteroatoms. The molecular formula is C16H22N4O3. The maximum Gasteiger partial charge on any atom is 0.417 e. The lowest BCUT2D eigenvalue weighted by molar-refractivity contribution is -0.118. The number of para-hydroxylation sites is 2. The van der Waals surface area contributed by atoms with Crippen molar-refractivity contribution in [1.29, 1.82) is 0 Å². The molecule has 0 saturated carbocycles. The van der Waals surface area contributed by atoms with Crippen LogP contribution in [0.1, 0.15) is 33.6 Å². The summed E-state index contributed by atoms with van der Waals surface area (Å²) < 4.78 is 5.42. The molecule has 0 spiro atoms. The van der Waals surface area contributed by atoms with E-state index in [4.69, 9.17) is 10.5 Å². The van der Waals surface area contributed by atoms with Crippen LogP contribution in [0.3, 0.4) is 0 Å². The van der Waals surface area contributed by atoms with E-state index < -0.39 is 17.6 Å². The molecule has 0 unspecified atom stereocenters. The van der Waals surface area contributed by atoms with Gasteiger partial charge in [-0.25, -0.2) is 14.7 Å². The van der Waals surface area contributed by atoms with Crippen LogP contribution in [0.15, 0.2) is 24.3 Å². The van der Waals surface area contributed by atoms with E-state index in [-0.39, 0.29) is 13.0 Å². The minimum atomic E-state index is -0.620. The van der Waals surface area contributed by atoms with Gasteiger partial charge in [-0.2, -0.15) is 0 Å². The molecule has 1 heterocycles. The lowest BCUT2D eigenvalue weighted by Crippen LogP contribution is -2.38. The van der Waals surface area contributed by atoms with Crippen LogP contribution in [0.4, 0.5) is 10.7 Å². The number of hydrogen-bond acceptors (Lipinski definition) is 4. The summed E-state index contributed by atoms with van der Waals surface area (Å²) in [5.41, 5.74) is 6.12. The highest BCUT2D eigenvalue weighted by Gasteiger charge is 2.25. The Morgan fingerprint density at radius 3 is 2.61 bits per heavy atom. The normalized spacial score (nSPS) is 11.4. The molecule has 1 aromatic heterocycles. The van der Waals surface area contributed by atoms with Crippen molar-refractivity contribution in [2.75, 3.05) is 11.4 Å². The van der Waals surface area contributed by atoms with Crippen molar-refractivity contribution in [1.82, 2.24) is 9.97 Å². The van der Waals surface area contributed by atoms with Crippen molar-refractivity contribution in [3.63, 3.8) is 0 Å². The number of primary amides is 1. The second kappa shape index (κ2) is 6.68. The number of aromatic nitrogens is 2. The van der Waals surface area contributed by atoms with Gasteiger partial charge in [0, 0.05) is 13.0 Å². The number of amides is 2. The Balaban J connectivity index is 2.24. The smallest absolute Gasteiger partial charge is 0.417 e. The lowest BCUT2D eigenvalue weighted by Gasteiger charge is -2.25.